The molecule has 0 aromatic heterocycles. The molecule has 10 nitrogen and oxygen atoms in total. The molecule has 32 heavy (non-hydrogen) atoms. The maximum atomic E-state index is 12.8. The summed E-state index contributed by atoms with van der Waals surface area (Å²) in [4.78, 5) is 13.8. The van der Waals surface area contributed by atoms with E-state index in [1.807, 2.05) is 6.92 Å². The van der Waals surface area contributed by atoms with Crippen LogP contribution < -0.4 is 10.1 Å². The minimum Gasteiger partial charge on any atom is -0.497 e. The number of nitrogens with zero attached hydrogens (tertiary/aromatic N) is 1. The molecule has 0 radical (unpaired) electrons. The first kappa shape index (κ1) is 26.6. The van der Waals surface area contributed by atoms with Crippen LogP contribution in [0.3, 0.4) is 0 Å². The lowest BCUT2D eigenvalue weighted by Crippen LogP contribution is -2.69. The first-order chi connectivity index (χ1) is 15.2. The van der Waals surface area contributed by atoms with E-state index in [0.717, 1.165) is 4.90 Å². The molecule has 6 atom stereocenters. The lowest BCUT2D eigenvalue weighted by atomic mass is 9.88. The quantitative estimate of drug-likeness (QED) is 0.206. The number of carbonyl (C=O) groups excluding carboxylic acids is 1. The third kappa shape index (κ3) is 6.22. The number of aliphatic hydroxyl groups excluding tert-OH is 4. The molecule has 2 amide bonds. The number of hydrogen-bond acceptors (Lipinski definition) is 8. The Morgan fingerprint density at radius 2 is 1.94 bits per heavy atom. The number of unbranched alkanes of at least 4 members (excludes halogenated alkanes) is 1. The fraction of sp³-hybridized carbons (Fsp3) is 0.667. The van der Waals surface area contributed by atoms with Gasteiger partial charge in [0, 0.05) is 18.8 Å². The van der Waals surface area contributed by atoms with Gasteiger partial charge in [-0.15, -0.1) is 11.6 Å². The van der Waals surface area contributed by atoms with Crippen molar-refractivity contribution in [1.82, 2.24) is 10.2 Å². The number of rotatable bonds is 10. The second-order valence-corrected chi connectivity index (χ2v) is 8.15. The Morgan fingerprint density at radius 1 is 1.28 bits per heavy atom. The number of urea groups is 1. The molecular formula is C21H33ClN2O8. The first-order valence-electron chi connectivity index (χ1n) is 10.5. The SMILES string of the molecule is CCCC[C@]1(O)O[C@H](C(O)N(Cc2ccc(OC)cc2)C(=O)NCCCl)[C@@H](O)[C@H](O)[C@H]1O. The fourth-order valence-electron chi connectivity index (χ4n) is 3.54. The summed E-state index contributed by atoms with van der Waals surface area (Å²) in [7, 11) is 1.52. The average Bonchev–Trinajstić information content (AvgIpc) is 2.80. The zero-order valence-electron chi connectivity index (χ0n) is 18.2. The van der Waals surface area contributed by atoms with Crippen molar-refractivity contribution in [1.29, 1.82) is 0 Å². The van der Waals surface area contributed by atoms with Crippen molar-refractivity contribution in [3.63, 3.8) is 0 Å². The third-order valence-corrected chi connectivity index (χ3v) is 5.65. The van der Waals surface area contributed by atoms with Gasteiger partial charge in [-0.1, -0.05) is 25.5 Å². The normalized spacial score (nSPS) is 28.8. The predicted molar refractivity (Wildman–Crippen MR) is 116 cm³/mol. The number of aliphatic hydroxyl groups is 5. The molecule has 1 unspecified atom stereocenters. The van der Waals surface area contributed by atoms with Gasteiger partial charge in [0.2, 0.25) is 0 Å². The maximum Gasteiger partial charge on any atom is 0.319 e. The molecular weight excluding hydrogens is 444 g/mol. The molecule has 1 heterocycles. The summed E-state index contributed by atoms with van der Waals surface area (Å²) in [6, 6.07) is 6.07. The number of halogens is 1. The first-order valence-corrected chi connectivity index (χ1v) is 11.1. The van der Waals surface area contributed by atoms with Crippen LogP contribution in [0.5, 0.6) is 5.75 Å². The molecule has 0 spiro atoms. The Balaban J connectivity index is 2.30. The van der Waals surface area contributed by atoms with Gasteiger partial charge in [0.25, 0.3) is 0 Å². The summed E-state index contributed by atoms with van der Waals surface area (Å²) >= 11 is 5.65. The van der Waals surface area contributed by atoms with E-state index in [0.29, 0.717) is 24.2 Å². The molecule has 0 aliphatic carbocycles. The predicted octanol–water partition coefficient (Wildman–Crippen LogP) is 0.124. The van der Waals surface area contributed by atoms with Crippen LogP contribution >= 0.6 is 11.6 Å². The van der Waals surface area contributed by atoms with E-state index in [-0.39, 0.29) is 25.4 Å². The monoisotopic (exact) mass is 476 g/mol. The Morgan fingerprint density at radius 3 is 2.50 bits per heavy atom. The van der Waals surface area contributed by atoms with Crippen LogP contribution in [0.2, 0.25) is 0 Å². The number of nitrogens with one attached hydrogen (secondary N) is 1. The lowest BCUT2D eigenvalue weighted by Gasteiger charge is -2.48. The van der Waals surface area contributed by atoms with Gasteiger partial charge in [-0.25, -0.2) is 4.79 Å². The Kier molecular flexibility index (Phi) is 9.96. The van der Waals surface area contributed by atoms with E-state index in [2.05, 4.69) is 5.32 Å². The second kappa shape index (κ2) is 12.0. The van der Waals surface area contributed by atoms with Crippen molar-refractivity contribution in [2.45, 2.75) is 69.2 Å². The van der Waals surface area contributed by atoms with Crippen LogP contribution in [-0.2, 0) is 11.3 Å². The fourth-order valence-corrected chi connectivity index (χ4v) is 3.64. The van der Waals surface area contributed by atoms with E-state index >= 15 is 0 Å². The standard InChI is InChI=1S/C21H33ClN2O8/c1-3-4-9-21(30)18(27)16(26)15(25)17(32-21)19(28)24(20(29)23-11-10-22)12-13-5-7-14(31-2)8-6-13/h5-8,15-19,25-28,30H,3-4,9-12H2,1-2H3,(H,23,29)/t15-,16-,17-,18+,19?,21-/m0/s1. The molecule has 11 heteroatoms. The highest BCUT2D eigenvalue weighted by Gasteiger charge is 2.55. The number of ether oxygens (including phenoxy) is 2. The molecule has 1 aromatic carbocycles. The third-order valence-electron chi connectivity index (χ3n) is 5.46. The topological polar surface area (TPSA) is 152 Å². The van der Waals surface area contributed by atoms with E-state index in [1.165, 1.54) is 7.11 Å². The summed E-state index contributed by atoms with van der Waals surface area (Å²) in [6.07, 6.45) is -7.59. The molecule has 1 saturated heterocycles. The van der Waals surface area contributed by atoms with E-state index < -0.39 is 42.5 Å². The number of amides is 2. The highest BCUT2D eigenvalue weighted by Crippen LogP contribution is 2.34. The summed E-state index contributed by atoms with van der Waals surface area (Å²) in [5.74, 6) is -1.45. The highest BCUT2D eigenvalue weighted by atomic mass is 35.5. The minimum atomic E-state index is -2.20. The van der Waals surface area contributed by atoms with Crippen molar-refractivity contribution >= 4 is 17.6 Å². The number of carbonyl (C=O) groups is 1. The maximum absolute atomic E-state index is 12.8. The molecule has 6 N–H and O–H groups in total. The zero-order chi connectivity index (χ0) is 23.9. The van der Waals surface area contributed by atoms with Crippen LogP contribution in [0, 0.1) is 0 Å². The number of hydrogen-bond donors (Lipinski definition) is 6. The lowest BCUT2D eigenvalue weighted by molar-refractivity contribution is -0.365. The highest BCUT2D eigenvalue weighted by molar-refractivity contribution is 6.18. The van der Waals surface area contributed by atoms with Crippen molar-refractivity contribution in [2.75, 3.05) is 19.5 Å². The minimum absolute atomic E-state index is 0.0331. The average molecular weight is 477 g/mol. The van der Waals surface area contributed by atoms with E-state index in [9.17, 15) is 30.3 Å². The number of benzene rings is 1. The summed E-state index contributed by atoms with van der Waals surface area (Å²) in [5, 5.41) is 55.4. The van der Waals surface area contributed by atoms with Crippen LogP contribution in [-0.4, -0.2) is 92.4 Å². The van der Waals surface area contributed by atoms with Gasteiger partial charge in [-0.3, -0.25) is 4.90 Å². The second-order valence-electron chi connectivity index (χ2n) is 7.77. The van der Waals surface area contributed by atoms with Gasteiger partial charge >= 0.3 is 6.03 Å². The smallest absolute Gasteiger partial charge is 0.319 e. The molecule has 0 bridgehead atoms. The summed E-state index contributed by atoms with van der Waals surface area (Å²) in [6.45, 7) is 1.91. The van der Waals surface area contributed by atoms with Gasteiger partial charge in [-0.05, 0) is 24.1 Å². The largest absolute Gasteiger partial charge is 0.497 e. The zero-order valence-corrected chi connectivity index (χ0v) is 19.0. The van der Waals surface area contributed by atoms with Crippen LogP contribution in [0.25, 0.3) is 0 Å². The van der Waals surface area contributed by atoms with Gasteiger partial charge in [0.15, 0.2) is 12.0 Å². The van der Waals surface area contributed by atoms with Gasteiger partial charge in [-0.2, -0.15) is 0 Å². The molecule has 1 aliphatic heterocycles. The van der Waals surface area contributed by atoms with Crippen molar-refractivity contribution in [3.8, 4) is 5.75 Å². The van der Waals surface area contributed by atoms with Crippen LogP contribution in [0.1, 0.15) is 31.7 Å². The van der Waals surface area contributed by atoms with E-state index in [1.54, 1.807) is 24.3 Å². The molecule has 1 fully saturated rings. The molecule has 182 valence electrons. The summed E-state index contributed by atoms with van der Waals surface area (Å²) < 4.78 is 10.6. The number of methoxy groups -OCH3 is 1. The van der Waals surface area contributed by atoms with Crippen molar-refractivity contribution in [3.05, 3.63) is 29.8 Å². The Labute approximate surface area is 192 Å². The Hall–Kier alpha value is -1.66. The van der Waals surface area contributed by atoms with Gasteiger partial charge in [0.1, 0.15) is 30.2 Å². The van der Waals surface area contributed by atoms with Gasteiger partial charge < -0.3 is 40.3 Å². The molecule has 1 aliphatic rings. The molecule has 2 rings (SSSR count). The summed E-state index contributed by atoms with van der Waals surface area (Å²) in [5.41, 5.74) is 0.637. The van der Waals surface area contributed by atoms with Crippen LogP contribution in [0.15, 0.2) is 24.3 Å². The number of alkyl halides is 1. The Bertz CT molecular complexity index is 724. The van der Waals surface area contributed by atoms with Gasteiger partial charge in [0.05, 0.1) is 13.7 Å². The van der Waals surface area contributed by atoms with E-state index in [4.69, 9.17) is 21.1 Å². The molecule has 0 saturated carbocycles. The van der Waals surface area contributed by atoms with Crippen molar-refractivity contribution in [2.24, 2.45) is 0 Å². The van der Waals surface area contributed by atoms with Crippen molar-refractivity contribution < 1.29 is 39.8 Å². The van der Waals surface area contributed by atoms with Crippen LogP contribution in [0.4, 0.5) is 4.79 Å². The molecule has 1 aromatic rings.